The minimum Gasteiger partial charge on any atom is -0.492 e. The van der Waals surface area contributed by atoms with Crippen molar-refractivity contribution in [1.82, 2.24) is 4.90 Å². The third-order valence-corrected chi connectivity index (χ3v) is 8.47. The lowest BCUT2D eigenvalue weighted by atomic mass is 10.1. The first-order valence-electron chi connectivity index (χ1n) is 14.3. The van der Waals surface area contributed by atoms with Crippen LogP contribution < -0.4 is 9.47 Å². The number of fused-ring (bicyclic) bond motifs is 3. The summed E-state index contributed by atoms with van der Waals surface area (Å²) in [5, 5.41) is 14.2. The molecular formula is C36H28N2O6S. The predicted molar refractivity (Wildman–Crippen MR) is 175 cm³/mol. The molecule has 0 bridgehead atoms. The number of carbonyl (C=O) groups is 2. The van der Waals surface area contributed by atoms with Gasteiger partial charge in [-0.1, -0.05) is 66.7 Å². The Morgan fingerprint density at radius 2 is 1.44 bits per heavy atom. The van der Waals surface area contributed by atoms with E-state index in [1.54, 1.807) is 41.7 Å². The topological polar surface area (TPSA) is 99.0 Å². The number of amides is 1. The van der Waals surface area contributed by atoms with Crippen LogP contribution in [0.2, 0.25) is 0 Å². The van der Waals surface area contributed by atoms with E-state index in [0.29, 0.717) is 11.3 Å². The van der Waals surface area contributed by atoms with Crippen LogP contribution in [0.5, 0.6) is 11.5 Å². The summed E-state index contributed by atoms with van der Waals surface area (Å²) in [6.45, 7) is 0.136. The van der Waals surface area contributed by atoms with Gasteiger partial charge in [0.05, 0.1) is 18.0 Å². The number of ketones is 1. The van der Waals surface area contributed by atoms with Crippen molar-refractivity contribution in [3.05, 3.63) is 148 Å². The molecule has 0 saturated heterocycles. The van der Waals surface area contributed by atoms with Crippen LogP contribution in [0.25, 0.3) is 20.2 Å². The zero-order valence-electron chi connectivity index (χ0n) is 24.1. The molecule has 0 atom stereocenters. The summed E-state index contributed by atoms with van der Waals surface area (Å²) in [5.41, 5.74) is 1.06. The molecule has 5 aromatic carbocycles. The number of hydrogen-bond acceptors (Lipinski definition) is 7. The van der Waals surface area contributed by atoms with E-state index in [-0.39, 0.29) is 49.2 Å². The van der Waals surface area contributed by atoms with Crippen LogP contribution in [0.15, 0.2) is 121 Å². The standard InChI is InChI=1S/C36H28N2O6S/c39-32(27-15-18-33(31(21-27)38(41)42)44-24-25-9-3-1-4-10-25)23-37(36(40)26-11-5-2-6-12-26)19-20-43-28-16-17-30-29-13-7-8-14-34(29)45-35(30)22-28/h1-18,21-22H,19-20,23-24H2. The molecule has 0 radical (unpaired) electrons. The highest BCUT2D eigenvalue weighted by Gasteiger charge is 2.23. The number of hydrogen-bond donors (Lipinski definition) is 0. The second-order valence-corrected chi connectivity index (χ2v) is 11.4. The predicted octanol–water partition coefficient (Wildman–Crippen LogP) is 7.95. The Kier molecular flexibility index (Phi) is 8.79. The van der Waals surface area contributed by atoms with Crippen LogP contribution in [0.1, 0.15) is 26.3 Å². The van der Waals surface area contributed by atoms with Crippen LogP contribution in [-0.4, -0.2) is 41.2 Å². The van der Waals surface area contributed by atoms with Crippen LogP contribution in [0.3, 0.4) is 0 Å². The van der Waals surface area contributed by atoms with E-state index in [9.17, 15) is 19.7 Å². The SMILES string of the molecule is O=C(CN(CCOc1ccc2c(c1)sc1ccccc12)C(=O)c1ccccc1)c1ccc(OCc2ccccc2)c([N+](=O)[O-])c1. The lowest BCUT2D eigenvalue weighted by Crippen LogP contribution is -2.38. The van der Waals surface area contributed by atoms with E-state index < -0.39 is 10.7 Å². The van der Waals surface area contributed by atoms with Crippen molar-refractivity contribution in [1.29, 1.82) is 0 Å². The minimum absolute atomic E-state index is 0.0571. The van der Waals surface area contributed by atoms with Crippen molar-refractivity contribution < 1.29 is 24.0 Å². The van der Waals surface area contributed by atoms with E-state index >= 15 is 0 Å². The summed E-state index contributed by atoms with van der Waals surface area (Å²) in [6.07, 6.45) is 0. The molecule has 6 aromatic rings. The summed E-state index contributed by atoms with van der Waals surface area (Å²) in [5.74, 6) is -0.0654. The lowest BCUT2D eigenvalue weighted by molar-refractivity contribution is -0.386. The zero-order chi connectivity index (χ0) is 31.2. The smallest absolute Gasteiger partial charge is 0.311 e. The summed E-state index contributed by atoms with van der Waals surface area (Å²) in [7, 11) is 0. The fraction of sp³-hybridized carbons (Fsp3) is 0.111. The molecule has 1 amide bonds. The number of Topliss-reactive ketones (excluding diaryl/α,β-unsaturated/α-hetero) is 1. The molecule has 0 aliphatic carbocycles. The average Bonchev–Trinajstić information content (AvgIpc) is 3.45. The quantitative estimate of drug-likeness (QED) is 0.0786. The molecule has 6 rings (SSSR count). The maximum atomic E-state index is 13.5. The van der Waals surface area contributed by atoms with Crippen molar-refractivity contribution in [3.8, 4) is 11.5 Å². The average molecular weight is 617 g/mol. The third-order valence-electron chi connectivity index (χ3n) is 7.34. The van der Waals surface area contributed by atoms with Crippen molar-refractivity contribution >= 4 is 48.9 Å². The van der Waals surface area contributed by atoms with Gasteiger partial charge in [-0.3, -0.25) is 19.7 Å². The lowest BCUT2D eigenvalue weighted by Gasteiger charge is -2.22. The monoisotopic (exact) mass is 616 g/mol. The fourth-order valence-corrected chi connectivity index (χ4v) is 6.18. The van der Waals surface area contributed by atoms with Crippen molar-refractivity contribution in [3.63, 3.8) is 0 Å². The fourth-order valence-electron chi connectivity index (χ4n) is 5.04. The Morgan fingerprint density at radius 3 is 2.22 bits per heavy atom. The molecule has 8 nitrogen and oxygen atoms in total. The molecular weight excluding hydrogens is 588 g/mol. The first-order valence-corrected chi connectivity index (χ1v) is 15.1. The van der Waals surface area contributed by atoms with Gasteiger partial charge >= 0.3 is 5.69 Å². The normalized spacial score (nSPS) is 10.9. The highest BCUT2D eigenvalue weighted by atomic mass is 32.1. The van der Waals surface area contributed by atoms with E-state index in [2.05, 4.69) is 12.1 Å². The van der Waals surface area contributed by atoms with E-state index in [1.807, 2.05) is 60.7 Å². The summed E-state index contributed by atoms with van der Waals surface area (Å²) in [4.78, 5) is 39.6. The van der Waals surface area contributed by atoms with Gasteiger partial charge in [0, 0.05) is 37.4 Å². The molecule has 224 valence electrons. The molecule has 0 aliphatic heterocycles. The van der Waals surface area contributed by atoms with Crippen LogP contribution in [0, 0.1) is 10.1 Å². The number of thiophene rings is 1. The molecule has 1 heterocycles. The number of carbonyl (C=O) groups excluding carboxylic acids is 2. The molecule has 9 heteroatoms. The van der Waals surface area contributed by atoms with Gasteiger partial charge in [-0.2, -0.15) is 0 Å². The Bertz CT molecular complexity index is 1990. The number of nitro groups is 1. The maximum Gasteiger partial charge on any atom is 0.311 e. The molecule has 0 saturated carbocycles. The minimum atomic E-state index is -0.578. The molecule has 0 spiro atoms. The highest BCUT2D eigenvalue weighted by molar-refractivity contribution is 7.25. The summed E-state index contributed by atoms with van der Waals surface area (Å²) in [6, 6.07) is 36.2. The number of nitro benzene ring substituents is 1. The van der Waals surface area contributed by atoms with Gasteiger partial charge < -0.3 is 14.4 Å². The van der Waals surface area contributed by atoms with E-state index in [1.165, 1.54) is 33.2 Å². The van der Waals surface area contributed by atoms with Gasteiger partial charge in [0.1, 0.15) is 19.0 Å². The highest BCUT2D eigenvalue weighted by Crippen LogP contribution is 2.35. The summed E-state index contributed by atoms with van der Waals surface area (Å²) >= 11 is 1.68. The summed E-state index contributed by atoms with van der Waals surface area (Å²) < 4.78 is 14.0. The van der Waals surface area contributed by atoms with Gasteiger partial charge in [-0.15, -0.1) is 11.3 Å². The van der Waals surface area contributed by atoms with Gasteiger partial charge in [-0.25, -0.2) is 0 Å². The van der Waals surface area contributed by atoms with Crippen molar-refractivity contribution in [2.75, 3.05) is 19.7 Å². The van der Waals surface area contributed by atoms with E-state index in [4.69, 9.17) is 9.47 Å². The van der Waals surface area contributed by atoms with Gasteiger partial charge in [0.25, 0.3) is 5.91 Å². The second kappa shape index (κ2) is 13.4. The zero-order valence-corrected chi connectivity index (χ0v) is 24.9. The number of rotatable bonds is 12. The largest absolute Gasteiger partial charge is 0.492 e. The van der Waals surface area contributed by atoms with Crippen LogP contribution >= 0.6 is 11.3 Å². The molecule has 0 aliphatic rings. The van der Waals surface area contributed by atoms with Gasteiger partial charge in [-0.05, 0) is 54.1 Å². The molecule has 0 N–H and O–H groups in total. The molecule has 0 unspecified atom stereocenters. The maximum absolute atomic E-state index is 13.5. The van der Waals surface area contributed by atoms with Gasteiger partial charge in [0.15, 0.2) is 11.5 Å². The van der Waals surface area contributed by atoms with Gasteiger partial charge in [0.2, 0.25) is 0 Å². The van der Waals surface area contributed by atoms with Crippen LogP contribution in [-0.2, 0) is 6.61 Å². The Labute approximate surface area is 263 Å². The van der Waals surface area contributed by atoms with E-state index in [0.717, 1.165) is 15.6 Å². The first kappa shape index (κ1) is 29.5. The molecule has 45 heavy (non-hydrogen) atoms. The molecule has 0 fully saturated rings. The first-order chi connectivity index (χ1) is 22.0. The van der Waals surface area contributed by atoms with Crippen LogP contribution in [0.4, 0.5) is 5.69 Å². The Hall–Kier alpha value is -5.54. The number of nitrogens with zero attached hydrogens (tertiary/aromatic N) is 2. The molecule has 1 aromatic heterocycles. The number of benzene rings is 5. The second-order valence-electron chi connectivity index (χ2n) is 10.3. The number of ether oxygens (including phenoxy) is 2. The Balaban J connectivity index is 1.17. The van der Waals surface area contributed by atoms with Crippen molar-refractivity contribution in [2.45, 2.75) is 6.61 Å². The third kappa shape index (κ3) is 6.84. The Morgan fingerprint density at radius 1 is 0.733 bits per heavy atom. The van der Waals surface area contributed by atoms with Crippen molar-refractivity contribution in [2.24, 2.45) is 0 Å².